The first-order chi connectivity index (χ1) is 6.92. The largest absolute Gasteiger partial charge is 0.316 e. The number of benzene rings is 1. The van der Waals surface area contributed by atoms with Gasteiger partial charge in [0.2, 0.25) is 0 Å². The Bertz CT molecular complexity index is 304. The van der Waals surface area contributed by atoms with E-state index in [0.717, 1.165) is 6.54 Å². The van der Waals surface area contributed by atoms with Gasteiger partial charge in [-0.05, 0) is 49.4 Å². The van der Waals surface area contributed by atoms with Crippen molar-refractivity contribution in [1.82, 2.24) is 5.32 Å². The van der Waals surface area contributed by atoms with Gasteiger partial charge in [-0.2, -0.15) is 0 Å². The normalized spacial score (nSPS) is 16.1. The molecule has 1 aromatic rings. The Morgan fingerprint density at radius 3 is 2.86 bits per heavy atom. The standard InChI is InChI=1S/C13H19N/c1-14-10-12-8-5-7-11-6-3-2-4-9-13(11)12/h5,7-8,14H,2-4,6,9-10H2,1H3. The van der Waals surface area contributed by atoms with Crippen LogP contribution >= 0.6 is 0 Å². The molecule has 0 aliphatic heterocycles. The molecule has 0 spiro atoms. The van der Waals surface area contributed by atoms with Crippen LogP contribution in [0.15, 0.2) is 18.2 Å². The quantitative estimate of drug-likeness (QED) is 0.705. The summed E-state index contributed by atoms with van der Waals surface area (Å²) in [6.07, 6.45) is 6.71. The minimum absolute atomic E-state index is 1.02. The van der Waals surface area contributed by atoms with Crippen molar-refractivity contribution < 1.29 is 0 Å². The highest BCUT2D eigenvalue weighted by Crippen LogP contribution is 2.23. The van der Waals surface area contributed by atoms with Gasteiger partial charge in [0, 0.05) is 6.54 Å². The zero-order valence-electron chi connectivity index (χ0n) is 8.97. The maximum absolute atomic E-state index is 3.25. The lowest BCUT2D eigenvalue weighted by atomic mass is 9.97. The Hall–Kier alpha value is -0.820. The molecule has 0 radical (unpaired) electrons. The van der Waals surface area contributed by atoms with Gasteiger partial charge < -0.3 is 5.32 Å². The number of hydrogen-bond donors (Lipinski definition) is 1. The predicted molar refractivity (Wildman–Crippen MR) is 60.5 cm³/mol. The van der Waals surface area contributed by atoms with Crippen molar-refractivity contribution in [2.45, 2.75) is 38.6 Å². The number of fused-ring (bicyclic) bond motifs is 1. The molecule has 1 aliphatic rings. The second kappa shape index (κ2) is 4.61. The molecule has 0 amide bonds. The summed E-state index contributed by atoms with van der Waals surface area (Å²) in [4.78, 5) is 0. The Labute approximate surface area is 86.5 Å². The van der Waals surface area contributed by atoms with Gasteiger partial charge in [-0.3, -0.25) is 0 Å². The van der Waals surface area contributed by atoms with Crippen LogP contribution in [0.3, 0.4) is 0 Å². The molecule has 2 rings (SSSR count). The van der Waals surface area contributed by atoms with Gasteiger partial charge in [0.15, 0.2) is 0 Å². The summed E-state index contributed by atoms with van der Waals surface area (Å²) >= 11 is 0. The van der Waals surface area contributed by atoms with Gasteiger partial charge in [-0.25, -0.2) is 0 Å². The van der Waals surface area contributed by atoms with Crippen LogP contribution in [0.5, 0.6) is 0 Å². The second-order valence-electron chi connectivity index (χ2n) is 4.15. The van der Waals surface area contributed by atoms with E-state index in [0.29, 0.717) is 0 Å². The molecule has 0 atom stereocenters. The van der Waals surface area contributed by atoms with Gasteiger partial charge in [-0.1, -0.05) is 24.6 Å². The van der Waals surface area contributed by atoms with E-state index in [1.54, 1.807) is 11.1 Å². The van der Waals surface area contributed by atoms with Crippen molar-refractivity contribution in [3.8, 4) is 0 Å². The molecule has 0 aromatic heterocycles. The maximum atomic E-state index is 3.25. The fraction of sp³-hybridized carbons (Fsp3) is 0.538. The Morgan fingerprint density at radius 1 is 1.14 bits per heavy atom. The molecular weight excluding hydrogens is 170 g/mol. The minimum atomic E-state index is 1.02. The molecule has 0 saturated carbocycles. The van der Waals surface area contributed by atoms with E-state index < -0.39 is 0 Å². The number of rotatable bonds is 2. The highest BCUT2D eigenvalue weighted by atomic mass is 14.8. The lowest BCUT2D eigenvalue weighted by molar-refractivity contribution is 0.708. The van der Waals surface area contributed by atoms with Gasteiger partial charge in [0.25, 0.3) is 0 Å². The van der Waals surface area contributed by atoms with Crippen LogP contribution in [0.4, 0.5) is 0 Å². The molecule has 1 aliphatic carbocycles. The minimum Gasteiger partial charge on any atom is -0.316 e. The molecule has 1 aromatic carbocycles. The average Bonchev–Trinajstić information content (AvgIpc) is 2.44. The summed E-state index contributed by atoms with van der Waals surface area (Å²) in [7, 11) is 2.02. The van der Waals surface area contributed by atoms with Crippen molar-refractivity contribution in [2.24, 2.45) is 0 Å². The molecule has 76 valence electrons. The highest BCUT2D eigenvalue weighted by Gasteiger charge is 2.10. The van der Waals surface area contributed by atoms with Crippen molar-refractivity contribution in [3.63, 3.8) is 0 Å². The number of aryl methyl sites for hydroxylation is 1. The van der Waals surface area contributed by atoms with Crippen LogP contribution in [0.2, 0.25) is 0 Å². The van der Waals surface area contributed by atoms with E-state index >= 15 is 0 Å². The highest BCUT2D eigenvalue weighted by molar-refractivity contribution is 5.36. The molecule has 1 nitrogen and oxygen atoms in total. The Balaban J connectivity index is 2.32. The lowest BCUT2D eigenvalue weighted by Crippen LogP contribution is -2.08. The fourth-order valence-electron chi connectivity index (χ4n) is 2.39. The van der Waals surface area contributed by atoms with E-state index in [4.69, 9.17) is 0 Å². The smallest absolute Gasteiger partial charge is 0.0205 e. The number of hydrogen-bond acceptors (Lipinski definition) is 1. The first-order valence-electron chi connectivity index (χ1n) is 5.66. The molecule has 0 saturated heterocycles. The number of nitrogens with one attached hydrogen (secondary N) is 1. The summed E-state index contributed by atoms with van der Waals surface area (Å²) in [6, 6.07) is 6.78. The fourth-order valence-corrected chi connectivity index (χ4v) is 2.39. The van der Waals surface area contributed by atoms with Crippen LogP contribution in [0, 0.1) is 0 Å². The van der Waals surface area contributed by atoms with Crippen LogP contribution < -0.4 is 5.32 Å². The summed E-state index contributed by atoms with van der Waals surface area (Å²) in [6.45, 7) is 1.02. The third-order valence-corrected chi connectivity index (χ3v) is 3.11. The van der Waals surface area contributed by atoms with E-state index in [1.165, 1.54) is 37.7 Å². The van der Waals surface area contributed by atoms with E-state index in [2.05, 4.69) is 23.5 Å². The van der Waals surface area contributed by atoms with Gasteiger partial charge >= 0.3 is 0 Å². The molecule has 0 unspecified atom stereocenters. The SMILES string of the molecule is CNCc1cccc2c1CCCCC2. The Kier molecular flexibility index (Phi) is 3.20. The summed E-state index contributed by atoms with van der Waals surface area (Å²) in [5.41, 5.74) is 4.72. The van der Waals surface area contributed by atoms with Crippen LogP contribution in [-0.4, -0.2) is 7.05 Å². The third-order valence-electron chi connectivity index (χ3n) is 3.11. The zero-order chi connectivity index (χ0) is 9.80. The predicted octanol–water partition coefficient (Wildman–Crippen LogP) is 2.67. The molecular formula is C13H19N. The van der Waals surface area contributed by atoms with Crippen molar-refractivity contribution in [1.29, 1.82) is 0 Å². The molecule has 1 heteroatoms. The van der Waals surface area contributed by atoms with E-state index in [-0.39, 0.29) is 0 Å². The van der Waals surface area contributed by atoms with Crippen LogP contribution in [-0.2, 0) is 19.4 Å². The molecule has 0 heterocycles. The van der Waals surface area contributed by atoms with Crippen LogP contribution in [0.25, 0.3) is 0 Å². The van der Waals surface area contributed by atoms with Crippen molar-refractivity contribution in [2.75, 3.05) is 7.05 Å². The third kappa shape index (κ3) is 1.98. The molecule has 0 bridgehead atoms. The van der Waals surface area contributed by atoms with Crippen LogP contribution in [0.1, 0.15) is 36.0 Å². The Morgan fingerprint density at radius 2 is 2.00 bits per heavy atom. The molecule has 0 fully saturated rings. The summed E-state index contributed by atoms with van der Waals surface area (Å²) in [5.74, 6) is 0. The zero-order valence-corrected chi connectivity index (χ0v) is 8.97. The average molecular weight is 189 g/mol. The van der Waals surface area contributed by atoms with Crippen molar-refractivity contribution in [3.05, 3.63) is 34.9 Å². The van der Waals surface area contributed by atoms with Crippen molar-refractivity contribution >= 4 is 0 Å². The summed E-state index contributed by atoms with van der Waals surface area (Å²) < 4.78 is 0. The molecule has 1 N–H and O–H groups in total. The van der Waals surface area contributed by atoms with Gasteiger partial charge in [0.05, 0.1) is 0 Å². The lowest BCUT2D eigenvalue weighted by Gasteiger charge is -2.11. The van der Waals surface area contributed by atoms with Gasteiger partial charge in [-0.15, -0.1) is 0 Å². The molecule has 14 heavy (non-hydrogen) atoms. The van der Waals surface area contributed by atoms with Gasteiger partial charge in [0.1, 0.15) is 0 Å². The second-order valence-corrected chi connectivity index (χ2v) is 4.15. The summed E-state index contributed by atoms with van der Waals surface area (Å²) in [5, 5.41) is 3.25. The van der Waals surface area contributed by atoms with E-state index in [9.17, 15) is 0 Å². The monoisotopic (exact) mass is 189 g/mol. The first-order valence-corrected chi connectivity index (χ1v) is 5.66. The maximum Gasteiger partial charge on any atom is 0.0205 e. The van der Waals surface area contributed by atoms with E-state index in [1.807, 2.05) is 7.05 Å². The first kappa shape index (κ1) is 9.72. The topological polar surface area (TPSA) is 12.0 Å².